The summed E-state index contributed by atoms with van der Waals surface area (Å²) in [5.41, 5.74) is 0.971. The van der Waals surface area contributed by atoms with E-state index in [1.54, 1.807) is 18.6 Å². The van der Waals surface area contributed by atoms with Crippen LogP contribution in [0.15, 0.2) is 18.6 Å². The summed E-state index contributed by atoms with van der Waals surface area (Å²) in [7, 11) is 0. The summed E-state index contributed by atoms with van der Waals surface area (Å²) in [5.74, 6) is 0.733. The number of rotatable bonds is 4. The van der Waals surface area contributed by atoms with E-state index in [0.717, 1.165) is 51.0 Å². The van der Waals surface area contributed by atoms with Crippen molar-refractivity contribution >= 4 is 5.91 Å². The molecule has 1 amide bonds. The quantitative estimate of drug-likeness (QED) is 0.876. The maximum absolute atomic E-state index is 11.9. The van der Waals surface area contributed by atoms with Gasteiger partial charge in [0.15, 0.2) is 0 Å². The minimum Gasteiger partial charge on any atom is -0.342 e. The number of nitrogens with one attached hydrogen (secondary N) is 1. The minimum atomic E-state index is 0.351. The first-order chi connectivity index (χ1) is 9.33. The Kier molecular flexibility index (Phi) is 3.73. The predicted octanol–water partition coefficient (Wildman–Crippen LogP) is 0.967. The average Bonchev–Trinajstić information content (AvgIpc) is 3.31. The van der Waals surface area contributed by atoms with Crippen LogP contribution in [-0.4, -0.2) is 39.9 Å². The minimum absolute atomic E-state index is 0.351. The van der Waals surface area contributed by atoms with E-state index in [2.05, 4.69) is 15.3 Å². The second-order valence-corrected chi connectivity index (χ2v) is 5.45. The fourth-order valence-corrected chi connectivity index (χ4v) is 2.56. The van der Waals surface area contributed by atoms with E-state index in [9.17, 15) is 4.79 Å². The largest absolute Gasteiger partial charge is 0.342 e. The summed E-state index contributed by atoms with van der Waals surface area (Å²) in [5, 5.41) is 3.50. The molecule has 0 unspecified atom stereocenters. The van der Waals surface area contributed by atoms with Gasteiger partial charge >= 0.3 is 0 Å². The van der Waals surface area contributed by atoms with Crippen LogP contribution >= 0.6 is 0 Å². The van der Waals surface area contributed by atoms with Crippen LogP contribution in [0.1, 0.15) is 31.4 Å². The van der Waals surface area contributed by atoms with Gasteiger partial charge in [-0.1, -0.05) is 0 Å². The molecule has 0 radical (unpaired) electrons. The zero-order chi connectivity index (χ0) is 13.1. The molecule has 1 saturated heterocycles. The van der Waals surface area contributed by atoms with Crippen molar-refractivity contribution in [1.82, 2.24) is 20.2 Å². The van der Waals surface area contributed by atoms with Crippen LogP contribution in [0.2, 0.25) is 0 Å². The van der Waals surface area contributed by atoms with Crippen LogP contribution in [-0.2, 0) is 11.3 Å². The normalized spacial score (nSPS) is 20.5. The third-order valence-electron chi connectivity index (χ3n) is 3.92. The Hall–Kier alpha value is -1.49. The number of amides is 1. The van der Waals surface area contributed by atoms with Crippen LogP contribution in [0.3, 0.4) is 0 Å². The number of piperidine rings is 1. The monoisotopic (exact) mass is 260 g/mol. The lowest BCUT2D eigenvalue weighted by atomic mass is 10.0. The molecule has 0 spiro atoms. The molecule has 1 aliphatic carbocycles. The second kappa shape index (κ2) is 5.65. The van der Waals surface area contributed by atoms with E-state index >= 15 is 0 Å². The lowest BCUT2D eigenvalue weighted by Crippen LogP contribution is -2.45. The predicted molar refractivity (Wildman–Crippen MR) is 71.2 cm³/mol. The van der Waals surface area contributed by atoms with Gasteiger partial charge in [-0.05, 0) is 25.7 Å². The highest BCUT2D eigenvalue weighted by Gasteiger charge is 2.34. The van der Waals surface area contributed by atoms with Crippen molar-refractivity contribution in [2.75, 3.05) is 13.1 Å². The van der Waals surface area contributed by atoms with Gasteiger partial charge in [0.25, 0.3) is 0 Å². The van der Waals surface area contributed by atoms with Crippen LogP contribution in [0.4, 0.5) is 0 Å². The zero-order valence-electron chi connectivity index (χ0n) is 11.1. The molecule has 1 aromatic heterocycles. The van der Waals surface area contributed by atoms with Gasteiger partial charge in [0.05, 0.1) is 5.69 Å². The van der Waals surface area contributed by atoms with Gasteiger partial charge in [-0.25, -0.2) is 0 Å². The molecule has 19 heavy (non-hydrogen) atoms. The van der Waals surface area contributed by atoms with Crippen molar-refractivity contribution in [3.63, 3.8) is 0 Å². The van der Waals surface area contributed by atoms with Gasteiger partial charge in [0.2, 0.25) is 5.91 Å². The van der Waals surface area contributed by atoms with Crippen LogP contribution in [0, 0.1) is 5.92 Å². The molecule has 1 aliphatic heterocycles. The number of nitrogens with zero attached hydrogens (tertiary/aromatic N) is 3. The van der Waals surface area contributed by atoms with Crippen molar-refractivity contribution in [3.8, 4) is 0 Å². The number of carbonyl (C=O) groups is 1. The van der Waals surface area contributed by atoms with Crippen molar-refractivity contribution in [1.29, 1.82) is 0 Å². The van der Waals surface area contributed by atoms with Crippen LogP contribution in [0.5, 0.6) is 0 Å². The van der Waals surface area contributed by atoms with Crippen LogP contribution in [0.25, 0.3) is 0 Å². The lowest BCUT2D eigenvalue weighted by molar-refractivity contribution is -0.133. The zero-order valence-corrected chi connectivity index (χ0v) is 11.1. The smallest absolute Gasteiger partial charge is 0.225 e. The van der Waals surface area contributed by atoms with Crippen molar-refractivity contribution < 1.29 is 4.79 Å². The molecule has 102 valence electrons. The number of aromatic nitrogens is 2. The number of likely N-dealkylation sites (tertiary alicyclic amines) is 1. The standard InChI is InChI=1S/C14H20N4O/c19-14(11-1-2-11)18-7-3-12(4-8-18)17-10-13-9-15-5-6-16-13/h5-6,9,11-12,17H,1-4,7-8,10H2. The molecular weight excluding hydrogens is 240 g/mol. The summed E-state index contributed by atoms with van der Waals surface area (Å²) in [6.07, 6.45) is 9.48. The van der Waals surface area contributed by atoms with E-state index in [4.69, 9.17) is 0 Å². The number of hydrogen-bond donors (Lipinski definition) is 1. The lowest BCUT2D eigenvalue weighted by Gasteiger charge is -2.32. The van der Waals surface area contributed by atoms with Gasteiger partial charge in [0, 0.05) is 50.2 Å². The van der Waals surface area contributed by atoms with E-state index < -0.39 is 0 Å². The maximum Gasteiger partial charge on any atom is 0.225 e. The molecule has 3 rings (SSSR count). The third kappa shape index (κ3) is 3.29. The first-order valence-electron chi connectivity index (χ1n) is 7.10. The topological polar surface area (TPSA) is 58.1 Å². The summed E-state index contributed by atoms with van der Waals surface area (Å²) >= 11 is 0. The van der Waals surface area contributed by atoms with Gasteiger partial charge in [-0.15, -0.1) is 0 Å². The van der Waals surface area contributed by atoms with Crippen molar-refractivity contribution in [2.45, 2.75) is 38.3 Å². The summed E-state index contributed by atoms with van der Waals surface area (Å²) in [6.45, 7) is 2.55. The summed E-state index contributed by atoms with van der Waals surface area (Å²) in [4.78, 5) is 22.3. The number of carbonyl (C=O) groups excluding carboxylic acids is 1. The number of hydrogen-bond acceptors (Lipinski definition) is 4. The van der Waals surface area contributed by atoms with Gasteiger partial charge in [0.1, 0.15) is 0 Å². The molecule has 2 heterocycles. The molecule has 1 aromatic rings. The first-order valence-corrected chi connectivity index (χ1v) is 7.10. The molecule has 1 saturated carbocycles. The Morgan fingerprint density at radius 1 is 1.26 bits per heavy atom. The van der Waals surface area contributed by atoms with Crippen molar-refractivity contribution in [3.05, 3.63) is 24.3 Å². The van der Waals surface area contributed by atoms with E-state index in [0.29, 0.717) is 17.9 Å². The highest BCUT2D eigenvalue weighted by atomic mass is 16.2. The molecule has 1 N–H and O–H groups in total. The van der Waals surface area contributed by atoms with E-state index in [1.165, 1.54) is 0 Å². The maximum atomic E-state index is 11.9. The Morgan fingerprint density at radius 3 is 2.68 bits per heavy atom. The Balaban J connectivity index is 1.41. The molecule has 0 aromatic carbocycles. The van der Waals surface area contributed by atoms with Gasteiger partial charge in [-0.3, -0.25) is 14.8 Å². The van der Waals surface area contributed by atoms with Crippen LogP contribution < -0.4 is 5.32 Å². The summed E-state index contributed by atoms with van der Waals surface area (Å²) < 4.78 is 0. The Bertz CT molecular complexity index is 424. The van der Waals surface area contributed by atoms with Gasteiger partial charge in [-0.2, -0.15) is 0 Å². The molecule has 0 atom stereocenters. The first kappa shape index (κ1) is 12.5. The van der Waals surface area contributed by atoms with E-state index in [1.807, 2.05) is 4.90 Å². The molecular formula is C14H20N4O. The average molecular weight is 260 g/mol. The molecule has 2 fully saturated rings. The molecule has 0 bridgehead atoms. The molecule has 5 nitrogen and oxygen atoms in total. The SMILES string of the molecule is O=C(C1CC1)N1CCC(NCc2cnccn2)CC1. The third-order valence-corrected chi connectivity index (χ3v) is 3.92. The molecule has 5 heteroatoms. The van der Waals surface area contributed by atoms with Gasteiger partial charge < -0.3 is 10.2 Å². The highest BCUT2D eigenvalue weighted by Crippen LogP contribution is 2.31. The van der Waals surface area contributed by atoms with E-state index in [-0.39, 0.29) is 0 Å². The fraction of sp³-hybridized carbons (Fsp3) is 0.643. The molecule has 2 aliphatic rings. The van der Waals surface area contributed by atoms with Crippen molar-refractivity contribution in [2.24, 2.45) is 5.92 Å². The highest BCUT2D eigenvalue weighted by molar-refractivity contribution is 5.81. The Labute approximate surface area is 113 Å². The summed E-state index contributed by atoms with van der Waals surface area (Å²) in [6, 6.07) is 0.491. The Morgan fingerprint density at radius 2 is 2.05 bits per heavy atom. The fourth-order valence-electron chi connectivity index (χ4n) is 2.56. The second-order valence-electron chi connectivity index (χ2n) is 5.45.